The highest BCUT2D eigenvalue weighted by atomic mass is 16.5. The first-order valence-electron chi connectivity index (χ1n) is 5.98. The van der Waals surface area contributed by atoms with Crippen LogP contribution in [0.1, 0.15) is 6.92 Å². The minimum atomic E-state index is -1.04. The highest BCUT2D eigenvalue weighted by molar-refractivity contribution is 5.77. The SMILES string of the molecule is CCOCCN(C)C(=O)N1CCOC(C(=O)O)C1. The summed E-state index contributed by atoms with van der Waals surface area (Å²) >= 11 is 0. The Morgan fingerprint density at radius 3 is 2.89 bits per heavy atom. The smallest absolute Gasteiger partial charge is 0.334 e. The van der Waals surface area contributed by atoms with Crippen molar-refractivity contribution in [2.75, 3.05) is 46.5 Å². The molecule has 0 bridgehead atoms. The van der Waals surface area contributed by atoms with Crippen LogP contribution >= 0.6 is 0 Å². The lowest BCUT2D eigenvalue weighted by Gasteiger charge is -2.33. The van der Waals surface area contributed by atoms with Crippen LogP contribution in [0, 0.1) is 0 Å². The van der Waals surface area contributed by atoms with E-state index >= 15 is 0 Å². The molecule has 1 aliphatic heterocycles. The molecule has 1 atom stereocenters. The monoisotopic (exact) mass is 260 g/mol. The van der Waals surface area contributed by atoms with Gasteiger partial charge in [-0.2, -0.15) is 0 Å². The molecule has 7 nitrogen and oxygen atoms in total. The number of hydrogen-bond acceptors (Lipinski definition) is 4. The summed E-state index contributed by atoms with van der Waals surface area (Å²) in [5.74, 6) is -1.04. The molecule has 1 unspecified atom stereocenters. The number of likely N-dealkylation sites (N-methyl/N-ethyl adjacent to an activating group) is 1. The largest absolute Gasteiger partial charge is 0.479 e. The number of aliphatic carboxylic acids is 1. The second kappa shape index (κ2) is 7.17. The van der Waals surface area contributed by atoms with Gasteiger partial charge in [-0.1, -0.05) is 0 Å². The lowest BCUT2D eigenvalue weighted by Crippen LogP contribution is -2.52. The first-order chi connectivity index (χ1) is 8.56. The maximum Gasteiger partial charge on any atom is 0.334 e. The van der Waals surface area contributed by atoms with Crippen molar-refractivity contribution < 1.29 is 24.2 Å². The molecule has 0 saturated carbocycles. The quantitative estimate of drug-likeness (QED) is 0.696. The lowest BCUT2D eigenvalue weighted by molar-refractivity contribution is -0.154. The topological polar surface area (TPSA) is 79.3 Å². The van der Waals surface area contributed by atoms with Gasteiger partial charge in [0.05, 0.1) is 19.8 Å². The van der Waals surface area contributed by atoms with Crippen LogP contribution in [0.15, 0.2) is 0 Å². The zero-order valence-corrected chi connectivity index (χ0v) is 10.8. The van der Waals surface area contributed by atoms with Crippen LogP contribution in [-0.4, -0.2) is 79.5 Å². The maximum absolute atomic E-state index is 12.0. The number of hydrogen-bond donors (Lipinski definition) is 1. The van der Waals surface area contributed by atoms with E-state index in [1.165, 1.54) is 9.80 Å². The number of carboxylic acids is 1. The molecule has 7 heteroatoms. The summed E-state index contributed by atoms with van der Waals surface area (Å²) in [6.07, 6.45) is -0.928. The first kappa shape index (κ1) is 14.7. The normalized spacial score (nSPS) is 19.7. The third-order valence-corrected chi connectivity index (χ3v) is 2.71. The molecule has 0 aliphatic carbocycles. The molecule has 104 valence electrons. The molecule has 0 aromatic carbocycles. The van der Waals surface area contributed by atoms with Crippen molar-refractivity contribution in [1.82, 2.24) is 9.80 Å². The lowest BCUT2D eigenvalue weighted by atomic mass is 10.3. The summed E-state index contributed by atoms with van der Waals surface area (Å²) in [7, 11) is 1.67. The number of carbonyl (C=O) groups excluding carboxylic acids is 1. The molecule has 0 aromatic heterocycles. The van der Waals surface area contributed by atoms with Crippen molar-refractivity contribution in [2.24, 2.45) is 0 Å². The zero-order valence-electron chi connectivity index (χ0n) is 10.8. The Morgan fingerprint density at radius 1 is 1.56 bits per heavy atom. The van der Waals surface area contributed by atoms with Crippen molar-refractivity contribution in [3.05, 3.63) is 0 Å². The molecule has 2 amide bonds. The predicted molar refractivity (Wildman–Crippen MR) is 63.5 cm³/mol. The number of carbonyl (C=O) groups is 2. The molecule has 0 radical (unpaired) electrons. The highest BCUT2D eigenvalue weighted by Crippen LogP contribution is 2.07. The van der Waals surface area contributed by atoms with Gasteiger partial charge in [0.15, 0.2) is 6.10 Å². The van der Waals surface area contributed by atoms with Crippen molar-refractivity contribution in [1.29, 1.82) is 0 Å². The van der Waals surface area contributed by atoms with Crippen LogP contribution < -0.4 is 0 Å². The third kappa shape index (κ3) is 4.15. The van der Waals surface area contributed by atoms with Gasteiger partial charge in [0.25, 0.3) is 0 Å². The fourth-order valence-corrected chi connectivity index (χ4v) is 1.66. The van der Waals surface area contributed by atoms with Crippen molar-refractivity contribution in [3.63, 3.8) is 0 Å². The van der Waals surface area contributed by atoms with E-state index in [0.29, 0.717) is 26.3 Å². The van der Waals surface area contributed by atoms with Crippen LogP contribution in [0.3, 0.4) is 0 Å². The Bertz CT molecular complexity index is 297. The van der Waals surface area contributed by atoms with Gasteiger partial charge in [-0.25, -0.2) is 9.59 Å². The predicted octanol–water partition coefficient (Wildman–Crippen LogP) is -0.140. The summed E-state index contributed by atoms with van der Waals surface area (Å²) < 4.78 is 10.2. The fraction of sp³-hybridized carbons (Fsp3) is 0.818. The number of urea groups is 1. The van der Waals surface area contributed by atoms with E-state index < -0.39 is 12.1 Å². The second-order valence-electron chi connectivity index (χ2n) is 4.04. The molecule has 1 rings (SSSR count). The summed E-state index contributed by atoms with van der Waals surface area (Å²) in [6.45, 7) is 4.23. The first-order valence-corrected chi connectivity index (χ1v) is 5.98. The van der Waals surface area contributed by atoms with E-state index in [9.17, 15) is 9.59 Å². The Labute approximate surface area is 106 Å². The minimum absolute atomic E-state index is 0.0904. The average molecular weight is 260 g/mol. The Balaban J connectivity index is 2.42. The molecule has 1 heterocycles. The van der Waals surface area contributed by atoms with Gasteiger partial charge in [-0.3, -0.25) is 0 Å². The number of amides is 2. The molecule has 0 spiro atoms. The third-order valence-electron chi connectivity index (χ3n) is 2.71. The summed E-state index contributed by atoms with van der Waals surface area (Å²) in [5.41, 5.74) is 0. The molecule has 1 saturated heterocycles. The number of morpholine rings is 1. The second-order valence-corrected chi connectivity index (χ2v) is 4.04. The van der Waals surface area contributed by atoms with Crippen LogP contribution in [0.25, 0.3) is 0 Å². The maximum atomic E-state index is 12.0. The van der Waals surface area contributed by atoms with Gasteiger partial charge >= 0.3 is 12.0 Å². The van der Waals surface area contributed by atoms with Crippen LogP contribution in [0.5, 0.6) is 0 Å². The van der Waals surface area contributed by atoms with Crippen LogP contribution in [0.2, 0.25) is 0 Å². The summed E-state index contributed by atoms with van der Waals surface area (Å²) in [4.78, 5) is 25.8. The van der Waals surface area contributed by atoms with E-state index in [0.717, 1.165) is 0 Å². The van der Waals surface area contributed by atoms with Crippen LogP contribution in [0.4, 0.5) is 4.79 Å². The fourth-order valence-electron chi connectivity index (χ4n) is 1.66. The Kier molecular flexibility index (Phi) is 5.87. The highest BCUT2D eigenvalue weighted by Gasteiger charge is 2.30. The minimum Gasteiger partial charge on any atom is -0.479 e. The molecule has 1 fully saturated rings. The van der Waals surface area contributed by atoms with E-state index in [2.05, 4.69) is 0 Å². The number of rotatable bonds is 5. The van der Waals surface area contributed by atoms with Gasteiger partial charge in [-0.05, 0) is 6.92 Å². The van der Waals surface area contributed by atoms with E-state index in [-0.39, 0.29) is 19.2 Å². The van der Waals surface area contributed by atoms with Gasteiger partial charge in [-0.15, -0.1) is 0 Å². The number of carboxylic acid groups (broad SMARTS) is 1. The Morgan fingerprint density at radius 2 is 2.28 bits per heavy atom. The standard InChI is InChI=1S/C11H20N2O5/c1-3-17-6-4-12(2)11(16)13-5-7-18-9(8-13)10(14)15/h9H,3-8H2,1-2H3,(H,14,15). The molecule has 0 aromatic rings. The Hall–Kier alpha value is -1.34. The van der Waals surface area contributed by atoms with Crippen molar-refractivity contribution in [3.8, 4) is 0 Å². The number of nitrogens with zero attached hydrogens (tertiary/aromatic N) is 2. The van der Waals surface area contributed by atoms with E-state index in [1.807, 2.05) is 6.92 Å². The summed E-state index contributed by atoms with van der Waals surface area (Å²) in [6, 6.07) is -0.191. The molecule has 1 aliphatic rings. The summed E-state index contributed by atoms with van der Waals surface area (Å²) in [5, 5.41) is 8.85. The average Bonchev–Trinajstić information content (AvgIpc) is 2.38. The van der Waals surface area contributed by atoms with Gasteiger partial charge in [0.2, 0.25) is 0 Å². The van der Waals surface area contributed by atoms with Gasteiger partial charge in [0.1, 0.15) is 0 Å². The van der Waals surface area contributed by atoms with E-state index in [1.54, 1.807) is 7.05 Å². The van der Waals surface area contributed by atoms with Crippen LogP contribution in [-0.2, 0) is 14.3 Å². The molecule has 1 N–H and O–H groups in total. The van der Waals surface area contributed by atoms with Crippen molar-refractivity contribution in [2.45, 2.75) is 13.0 Å². The zero-order chi connectivity index (χ0) is 13.5. The van der Waals surface area contributed by atoms with Crippen molar-refractivity contribution >= 4 is 12.0 Å². The molecule has 18 heavy (non-hydrogen) atoms. The van der Waals surface area contributed by atoms with Gasteiger partial charge in [0, 0.05) is 26.7 Å². The number of ether oxygens (including phenoxy) is 2. The van der Waals surface area contributed by atoms with Gasteiger partial charge < -0.3 is 24.4 Å². The molecular formula is C11H20N2O5. The van der Waals surface area contributed by atoms with E-state index in [4.69, 9.17) is 14.6 Å². The molecular weight excluding hydrogens is 240 g/mol.